The van der Waals surface area contributed by atoms with E-state index in [2.05, 4.69) is 5.10 Å². The van der Waals surface area contributed by atoms with Gasteiger partial charge < -0.3 is 20.8 Å². The van der Waals surface area contributed by atoms with Crippen LogP contribution in [0.5, 0.6) is 0 Å². The highest BCUT2D eigenvalue weighted by Crippen LogP contribution is 2.26. The molecule has 1 fully saturated rings. The Balaban J connectivity index is 0.00000128. The van der Waals surface area contributed by atoms with Gasteiger partial charge in [-0.1, -0.05) is 0 Å². The van der Waals surface area contributed by atoms with E-state index < -0.39 is 0 Å². The summed E-state index contributed by atoms with van der Waals surface area (Å²) in [7, 11) is 0. The second kappa shape index (κ2) is 5.51. The van der Waals surface area contributed by atoms with Crippen molar-refractivity contribution < 1.29 is 10.2 Å². The maximum absolute atomic E-state index is 9.45. The molecule has 1 aliphatic rings. The van der Waals surface area contributed by atoms with Crippen molar-refractivity contribution in [1.82, 2.24) is 9.78 Å². The molecule has 0 spiro atoms. The summed E-state index contributed by atoms with van der Waals surface area (Å²) in [6.07, 6.45) is 2.04. The number of nitrogens with zero attached hydrogens (tertiary/aromatic N) is 3. The van der Waals surface area contributed by atoms with Crippen molar-refractivity contribution in [2.45, 2.75) is 19.1 Å². The summed E-state index contributed by atoms with van der Waals surface area (Å²) in [5.74, 6) is 0.806. The van der Waals surface area contributed by atoms with Gasteiger partial charge in [-0.15, -0.1) is 17.0 Å². The summed E-state index contributed by atoms with van der Waals surface area (Å²) >= 11 is 0. The number of hydrogen-bond donors (Lipinski definition) is 3. The van der Waals surface area contributed by atoms with E-state index in [0.29, 0.717) is 18.8 Å². The number of aliphatic hydroxyl groups excluding tert-OH is 2. The number of anilines is 2. The molecule has 1 saturated heterocycles. The monoisotopic (exact) mass is 292 g/mol. The Labute approximate surface area is 104 Å². The maximum atomic E-state index is 9.45. The van der Waals surface area contributed by atoms with Crippen LogP contribution in [0.4, 0.5) is 11.5 Å². The second-order valence-electron chi connectivity index (χ2n) is 3.76. The van der Waals surface area contributed by atoms with Crippen LogP contribution in [0.15, 0.2) is 6.20 Å². The molecule has 1 aliphatic heterocycles. The van der Waals surface area contributed by atoms with E-state index in [1.807, 2.05) is 4.90 Å². The van der Waals surface area contributed by atoms with Crippen LogP contribution in [-0.4, -0.2) is 45.8 Å². The molecule has 1 atom stereocenters. The van der Waals surface area contributed by atoms with Gasteiger partial charge >= 0.3 is 0 Å². The SMILES string of the molecule is Br.Nc1cnn(CCO)c1N1CCC(O)C1. The minimum atomic E-state index is -0.290. The molecule has 7 heteroatoms. The average Bonchev–Trinajstić information content (AvgIpc) is 2.74. The van der Waals surface area contributed by atoms with Crippen molar-refractivity contribution in [1.29, 1.82) is 0 Å². The zero-order valence-corrected chi connectivity index (χ0v) is 10.6. The number of nitrogens with two attached hydrogens (primary N) is 1. The summed E-state index contributed by atoms with van der Waals surface area (Å²) in [5.41, 5.74) is 6.40. The molecule has 6 nitrogen and oxygen atoms in total. The van der Waals surface area contributed by atoms with Gasteiger partial charge in [0.2, 0.25) is 0 Å². The van der Waals surface area contributed by atoms with Crippen LogP contribution in [0.2, 0.25) is 0 Å². The lowest BCUT2D eigenvalue weighted by molar-refractivity contribution is 0.198. The van der Waals surface area contributed by atoms with E-state index in [0.717, 1.165) is 18.8 Å². The Bertz CT molecular complexity index is 344. The predicted molar refractivity (Wildman–Crippen MR) is 66.9 cm³/mol. The molecule has 1 unspecified atom stereocenters. The first kappa shape index (κ1) is 13.3. The number of aromatic nitrogens is 2. The molecule has 0 amide bonds. The van der Waals surface area contributed by atoms with E-state index in [1.165, 1.54) is 0 Å². The molecule has 4 N–H and O–H groups in total. The lowest BCUT2D eigenvalue weighted by Crippen LogP contribution is -2.25. The van der Waals surface area contributed by atoms with Gasteiger partial charge in [-0.25, -0.2) is 4.68 Å². The van der Waals surface area contributed by atoms with E-state index in [9.17, 15) is 5.11 Å². The first-order valence-electron chi connectivity index (χ1n) is 5.07. The van der Waals surface area contributed by atoms with Crippen LogP contribution in [0.25, 0.3) is 0 Å². The lowest BCUT2D eigenvalue weighted by atomic mass is 10.3. The molecule has 0 saturated carbocycles. The summed E-state index contributed by atoms with van der Waals surface area (Å²) in [6, 6.07) is 0. The molecule has 1 aromatic rings. The first-order valence-corrected chi connectivity index (χ1v) is 5.07. The molecule has 0 bridgehead atoms. The summed E-state index contributed by atoms with van der Waals surface area (Å²) < 4.78 is 1.67. The van der Waals surface area contributed by atoms with Gasteiger partial charge in [0, 0.05) is 13.1 Å². The van der Waals surface area contributed by atoms with Crippen molar-refractivity contribution >= 4 is 28.5 Å². The zero-order valence-electron chi connectivity index (χ0n) is 8.91. The minimum absolute atomic E-state index is 0. The molecule has 16 heavy (non-hydrogen) atoms. The fraction of sp³-hybridized carbons (Fsp3) is 0.667. The molecule has 0 aliphatic carbocycles. The zero-order chi connectivity index (χ0) is 10.8. The smallest absolute Gasteiger partial charge is 0.150 e. The predicted octanol–water partition coefficient (Wildman–Crippen LogP) is -0.394. The topological polar surface area (TPSA) is 87.5 Å². The summed E-state index contributed by atoms with van der Waals surface area (Å²) in [5, 5.41) is 22.4. The Hall–Kier alpha value is -0.790. The summed E-state index contributed by atoms with van der Waals surface area (Å²) in [6.45, 7) is 1.83. The van der Waals surface area contributed by atoms with Crippen LogP contribution in [-0.2, 0) is 6.54 Å². The van der Waals surface area contributed by atoms with E-state index in [4.69, 9.17) is 10.8 Å². The molecular formula is C9H17BrN4O2. The average molecular weight is 293 g/mol. The normalized spacial score (nSPS) is 19.9. The third kappa shape index (κ3) is 2.47. The highest BCUT2D eigenvalue weighted by atomic mass is 79.9. The van der Waals surface area contributed by atoms with E-state index in [1.54, 1.807) is 10.9 Å². The van der Waals surface area contributed by atoms with Crippen molar-refractivity contribution in [3.63, 3.8) is 0 Å². The quantitative estimate of drug-likeness (QED) is 0.706. The third-order valence-electron chi connectivity index (χ3n) is 2.61. The summed E-state index contributed by atoms with van der Waals surface area (Å²) in [4.78, 5) is 2.00. The molecule has 2 rings (SSSR count). The number of rotatable bonds is 3. The van der Waals surface area contributed by atoms with Crippen LogP contribution in [0.1, 0.15) is 6.42 Å². The van der Waals surface area contributed by atoms with Gasteiger partial charge in [-0.05, 0) is 6.42 Å². The number of nitrogen functional groups attached to an aromatic ring is 1. The van der Waals surface area contributed by atoms with Gasteiger partial charge in [0.05, 0.1) is 31.1 Å². The molecule has 1 aromatic heterocycles. The van der Waals surface area contributed by atoms with Gasteiger partial charge in [0.1, 0.15) is 0 Å². The Morgan fingerprint density at radius 2 is 2.31 bits per heavy atom. The molecule has 0 radical (unpaired) electrons. The van der Waals surface area contributed by atoms with Gasteiger partial charge in [-0.2, -0.15) is 5.10 Å². The van der Waals surface area contributed by atoms with Crippen molar-refractivity contribution in [3.05, 3.63) is 6.20 Å². The van der Waals surface area contributed by atoms with Gasteiger partial charge in [0.15, 0.2) is 5.82 Å². The van der Waals surface area contributed by atoms with Crippen LogP contribution in [0, 0.1) is 0 Å². The minimum Gasteiger partial charge on any atom is -0.394 e. The van der Waals surface area contributed by atoms with Gasteiger partial charge in [-0.3, -0.25) is 0 Å². The Morgan fingerprint density at radius 1 is 1.56 bits per heavy atom. The second-order valence-corrected chi connectivity index (χ2v) is 3.76. The highest BCUT2D eigenvalue weighted by molar-refractivity contribution is 8.93. The molecule has 92 valence electrons. The fourth-order valence-electron chi connectivity index (χ4n) is 1.93. The van der Waals surface area contributed by atoms with Crippen molar-refractivity contribution in [3.8, 4) is 0 Å². The van der Waals surface area contributed by atoms with Crippen LogP contribution in [0.3, 0.4) is 0 Å². The van der Waals surface area contributed by atoms with Crippen molar-refractivity contribution in [2.75, 3.05) is 30.3 Å². The fourth-order valence-corrected chi connectivity index (χ4v) is 1.93. The molecule has 2 heterocycles. The third-order valence-corrected chi connectivity index (χ3v) is 2.61. The first-order chi connectivity index (χ1) is 7.22. The largest absolute Gasteiger partial charge is 0.394 e. The van der Waals surface area contributed by atoms with Crippen LogP contribution >= 0.6 is 17.0 Å². The standard InChI is InChI=1S/C9H16N4O2.BrH/c10-8-5-11-13(3-4-14)9(8)12-2-1-7(15)6-12;/h5,7,14-15H,1-4,6,10H2;1H. The maximum Gasteiger partial charge on any atom is 0.150 e. The van der Waals surface area contributed by atoms with Crippen LogP contribution < -0.4 is 10.6 Å². The highest BCUT2D eigenvalue weighted by Gasteiger charge is 2.24. The molecule has 0 aromatic carbocycles. The number of β-amino-alcohol motifs (C(OH)–C–C–N with tert-alkyl or cyclic N) is 1. The number of hydrogen-bond acceptors (Lipinski definition) is 5. The van der Waals surface area contributed by atoms with E-state index >= 15 is 0 Å². The van der Waals surface area contributed by atoms with Crippen molar-refractivity contribution in [2.24, 2.45) is 0 Å². The number of halogens is 1. The molecular weight excluding hydrogens is 276 g/mol. The number of aliphatic hydroxyl groups is 2. The Morgan fingerprint density at radius 3 is 2.88 bits per heavy atom. The Kier molecular flexibility index (Phi) is 4.57. The lowest BCUT2D eigenvalue weighted by Gasteiger charge is -2.19. The van der Waals surface area contributed by atoms with E-state index in [-0.39, 0.29) is 29.7 Å². The van der Waals surface area contributed by atoms with Gasteiger partial charge in [0.25, 0.3) is 0 Å².